The first-order valence-corrected chi connectivity index (χ1v) is 7.13. The van der Waals surface area contributed by atoms with Crippen LogP contribution in [0.25, 0.3) is 16.2 Å². The van der Waals surface area contributed by atoms with E-state index in [1.807, 2.05) is 18.2 Å². The van der Waals surface area contributed by atoms with Crippen LogP contribution < -0.4 is 4.74 Å². The summed E-state index contributed by atoms with van der Waals surface area (Å²) in [6.45, 7) is 5.26. The van der Waals surface area contributed by atoms with Crippen molar-refractivity contribution in [2.45, 2.75) is 19.8 Å². The summed E-state index contributed by atoms with van der Waals surface area (Å²) >= 11 is 1.43. The third kappa shape index (κ3) is 2.96. The van der Waals surface area contributed by atoms with Gasteiger partial charge >= 0.3 is 0 Å². The molecule has 0 N–H and O–H groups in total. The first kappa shape index (κ1) is 14.5. The van der Waals surface area contributed by atoms with E-state index < -0.39 is 0 Å². The molecule has 0 unspecified atom stereocenters. The smallest absolute Gasteiger partial charge is 0.173 e. The predicted octanol–water partition coefficient (Wildman–Crippen LogP) is 4.10. The van der Waals surface area contributed by atoms with Crippen LogP contribution in [0.2, 0.25) is 0 Å². The molecular weight excluding hydrogens is 272 g/mol. The van der Waals surface area contributed by atoms with Crippen molar-refractivity contribution in [3.63, 3.8) is 0 Å². The third-order valence-corrected chi connectivity index (χ3v) is 4.21. The van der Waals surface area contributed by atoms with E-state index >= 15 is 0 Å². The lowest BCUT2D eigenvalue weighted by molar-refractivity contribution is -0.116. The Hall–Kier alpha value is -1.94. The van der Waals surface area contributed by atoms with Gasteiger partial charge in [0.15, 0.2) is 5.78 Å². The Morgan fingerprint density at radius 2 is 2.05 bits per heavy atom. The lowest BCUT2D eigenvalue weighted by Crippen LogP contribution is -1.99. The number of thiophene rings is 1. The number of fused-ring (bicyclic) bond motifs is 1. The summed E-state index contributed by atoms with van der Waals surface area (Å²) in [5, 5.41) is 0.997. The zero-order valence-corrected chi connectivity index (χ0v) is 12.4. The molecule has 0 bridgehead atoms. The largest absolute Gasteiger partial charge is 0.496 e. The molecule has 0 atom stereocenters. The highest BCUT2D eigenvalue weighted by molar-refractivity contribution is 7.20. The third-order valence-electron chi connectivity index (χ3n) is 3.07. The summed E-state index contributed by atoms with van der Waals surface area (Å²) in [5.41, 5.74) is 0.903. The van der Waals surface area contributed by atoms with Gasteiger partial charge in [0.2, 0.25) is 0 Å². The lowest BCUT2D eigenvalue weighted by atomic mass is 10.1. The molecule has 20 heavy (non-hydrogen) atoms. The summed E-state index contributed by atoms with van der Waals surface area (Å²) in [5.74, 6) is 0.799. The fourth-order valence-corrected chi connectivity index (χ4v) is 3.01. The van der Waals surface area contributed by atoms with Crippen LogP contribution in [0.5, 0.6) is 5.75 Å². The van der Waals surface area contributed by atoms with Crippen LogP contribution in [0.1, 0.15) is 35.0 Å². The van der Waals surface area contributed by atoms with Gasteiger partial charge in [0.1, 0.15) is 11.5 Å². The number of methoxy groups -OCH3 is 1. The van der Waals surface area contributed by atoms with Gasteiger partial charge in [-0.05, 0) is 30.5 Å². The van der Waals surface area contributed by atoms with Crippen molar-refractivity contribution >= 4 is 39.1 Å². The summed E-state index contributed by atoms with van der Waals surface area (Å²) in [7, 11) is 1.61. The van der Waals surface area contributed by atoms with Crippen molar-refractivity contribution in [3.05, 3.63) is 35.2 Å². The molecule has 0 saturated heterocycles. The van der Waals surface area contributed by atoms with Crippen LogP contribution in [-0.4, -0.2) is 18.7 Å². The molecule has 0 fully saturated rings. The Morgan fingerprint density at radius 3 is 2.65 bits per heavy atom. The van der Waals surface area contributed by atoms with E-state index in [1.165, 1.54) is 18.3 Å². The zero-order valence-electron chi connectivity index (χ0n) is 11.6. The number of hydrogen-bond acceptors (Lipinski definition) is 4. The summed E-state index contributed by atoms with van der Waals surface area (Å²) in [4.78, 5) is 23.7. The van der Waals surface area contributed by atoms with Crippen molar-refractivity contribution in [2.75, 3.05) is 7.11 Å². The van der Waals surface area contributed by atoms with Gasteiger partial charge in [0.25, 0.3) is 0 Å². The molecule has 0 radical (unpaired) electrons. The number of ether oxygens (including phenoxy) is 1. The van der Waals surface area contributed by atoms with E-state index in [1.54, 1.807) is 13.2 Å². The monoisotopic (exact) mass is 288 g/mol. The Labute approximate surface area is 121 Å². The fraction of sp³-hybridized carbons (Fsp3) is 0.250. The number of rotatable bonds is 6. The van der Waals surface area contributed by atoms with Crippen LogP contribution in [0.4, 0.5) is 0 Å². The minimum atomic E-state index is 0.0144. The summed E-state index contributed by atoms with van der Waals surface area (Å²) in [6.07, 6.45) is 2.30. The van der Waals surface area contributed by atoms with E-state index in [4.69, 9.17) is 4.74 Å². The number of carbonyl (C=O) groups excluding carboxylic acids is 2. The molecule has 0 saturated carbocycles. The van der Waals surface area contributed by atoms with Gasteiger partial charge in [-0.15, -0.1) is 11.3 Å². The van der Waals surface area contributed by atoms with Gasteiger partial charge < -0.3 is 9.53 Å². The van der Waals surface area contributed by atoms with Crippen molar-refractivity contribution in [2.24, 2.45) is 0 Å². The molecule has 2 rings (SSSR count). The number of ketones is 2. The normalized spacial score (nSPS) is 10.5. The molecule has 0 spiro atoms. The molecular formula is C16H16O3S. The van der Waals surface area contributed by atoms with Crippen molar-refractivity contribution in [3.8, 4) is 5.75 Å². The zero-order chi connectivity index (χ0) is 14.7. The Bertz CT molecular complexity index is 682. The molecule has 4 heteroatoms. The molecule has 0 aliphatic heterocycles. The first-order chi connectivity index (χ1) is 9.55. The molecule has 1 heterocycles. The van der Waals surface area contributed by atoms with E-state index in [-0.39, 0.29) is 18.0 Å². The van der Waals surface area contributed by atoms with Crippen LogP contribution in [0.15, 0.2) is 24.8 Å². The average Bonchev–Trinajstić information content (AvgIpc) is 2.85. The standard InChI is InChI=1S/C16H16O3S/c1-4-11-7-12-8-16(13(18)6-5-10(2)17)20-15(12)9-14(11)19-3/h4,7-9H,1,5-6H2,2-3H3. The van der Waals surface area contributed by atoms with Gasteiger partial charge in [-0.2, -0.15) is 0 Å². The second kappa shape index (κ2) is 6.01. The highest BCUT2D eigenvalue weighted by Gasteiger charge is 2.13. The Morgan fingerprint density at radius 1 is 1.30 bits per heavy atom. The quantitative estimate of drug-likeness (QED) is 0.751. The maximum Gasteiger partial charge on any atom is 0.173 e. The highest BCUT2D eigenvalue weighted by atomic mass is 32.1. The first-order valence-electron chi connectivity index (χ1n) is 6.31. The number of hydrogen-bond donors (Lipinski definition) is 0. The van der Waals surface area contributed by atoms with E-state index in [0.717, 1.165) is 21.4 Å². The number of carbonyl (C=O) groups is 2. The molecule has 1 aromatic heterocycles. The molecule has 0 aliphatic rings. The van der Waals surface area contributed by atoms with Gasteiger partial charge in [0, 0.05) is 23.1 Å². The minimum absolute atomic E-state index is 0.0144. The van der Waals surface area contributed by atoms with Crippen molar-refractivity contribution in [1.82, 2.24) is 0 Å². The van der Waals surface area contributed by atoms with E-state index in [9.17, 15) is 9.59 Å². The van der Waals surface area contributed by atoms with Crippen LogP contribution in [0.3, 0.4) is 0 Å². The Kier molecular flexibility index (Phi) is 4.35. The Balaban J connectivity index is 2.35. The molecule has 104 valence electrons. The predicted molar refractivity (Wildman–Crippen MR) is 82.7 cm³/mol. The second-order valence-corrected chi connectivity index (χ2v) is 5.66. The molecule has 0 amide bonds. The van der Waals surface area contributed by atoms with Gasteiger partial charge in [-0.1, -0.05) is 12.7 Å². The van der Waals surface area contributed by atoms with Crippen LogP contribution in [0, 0.1) is 0 Å². The maximum atomic E-state index is 12.0. The lowest BCUT2D eigenvalue weighted by Gasteiger charge is -2.04. The average molecular weight is 288 g/mol. The minimum Gasteiger partial charge on any atom is -0.496 e. The SMILES string of the molecule is C=Cc1cc2cc(C(=O)CCC(C)=O)sc2cc1OC. The molecule has 1 aromatic carbocycles. The summed E-state index contributed by atoms with van der Waals surface area (Å²) in [6, 6.07) is 5.74. The van der Waals surface area contributed by atoms with Crippen LogP contribution in [-0.2, 0) is 4.79 Å². The number of Topliss-reactive ketones (excluding diaryl/α,β-unsaturated/α-hetero) is 2. The van der Waals surface area contributed by atoms with Crippen LogP contribution >= 0.6 is 11.3 Å². The molecule has 3 nitrogen and oxygen atoms in total. The summed E-state index contributed by atoms with van der Waals surface area (Å²) < 4.78 is 6.30. The number of benzene rings is 1. The van der Waals surface area contributed by atoms with Crippen molar-refractivity contribution < 1.29 is 14.3 Å². The van der Waals surface area contributed by atoms with E-state index in [0.29, 0.717) is 11.3 Å². The molecule has 0 aliphatic carbocycles. The maximum absolute atomic E-state index is 12.0. The van der Waals surface area contributed by atoms with E-state index in [2.05, 4.69) is 6.58 Å². The van der Waals surface area contributed by atoms with Crippen molar-refractivity contribution in [1.29, 1.82) is 0 Å². The van der Waals surface area contributed by atoms with Gasteiger partial charge in [-0.25, -0.2) is 0 Å². The topological polar surface area (TPSA) is 43.4 Å². The van der Waals surface area contributed by atoms with Gasteiger partial charge in [-0.3, -0.25) is 4.79 Å². The molecule has 2 aromatic rings. The van der Waals surface area contributed by atoms with Gasteiger partial charge in [0.05, 0.1) is 12.0 Å². The fourth-order valence-electron chi connectivity index (χ4n) is 1.97. The second-order valence-electron chi connectivity index (χ2n) is 4.57. The highest BCUT2D eigenvalue weighted by Crippen LogP contribution is 2.33.